The number of nitrogens with zero attached hydrogens (tertiary/aromatic N) is 3. The van der Waals surface area contributed by atoms with E-state index in [0.29, 0.717) is 21.6 Å². The first kappa shape index (κ1) is 27.2. The molecule has 0 saturated carbocycles. The SMILES string of the molecule is Cc1ccc(-n2nc(C)c(-c3ccccc3)c2NC(=O)CN(C(=O)Nc2ccc(Cl)cc2Cl)C(C)C)cc1. The molecule has 7 nitrogen and oxygen atoms in total. The number of hydrogen-bond acceptors (Lipinski definition) is 3. The van der Waals surface area contributed by atoms with Crippen molar-refractivity contribution in [2.45, 2.75) is 33.7 Å². The first-order valence-electron chi connectivity index (χ1n) is 12.2. The molecule has 38 heavy (non-hydrogen) atoms. The highest BCUT2D eigenvalue weighted by Crippen LogP contribution is 2.33. The number of hydrogen-bond donors (Lipinski definition) is 2. The molecule has 1 aromatic heterocycles. The second kappa shape index (κ2) is 11.7. The number of anilines is 2. The van der Waals surface area contributed by atoms with E-state index in [-0.39, 0.29) is 18.5 Å². The topological polar surface area (TPSA) is 79.3 Å². The summed E-state index contributed by atoms with van der Waals surface area (Å²) in [6.07, 6.45) is 0. The molecule has 3 amide bonds. The molecule has 0 unspecified atom stereocenters. The molecular formula is C29H29Cl2N5O2. The molecule has 0 saturated heterocycles. The summed E-state index contributed by atoms with van der Waals surface area (Å²) in [6.45, 7) is 7.42. The number of halogens is 2. The molecule has 0 atom stereocenters. The van der Waals surface area contributed by atoms with Crippen LogP contribution in [0.15, 0.2) is 72.8 Å². The highest BCUT2D eigenvalue weighted by Gasteiger charge is 2.24. The third-order valence-corrected chi connectivity index (χ3v) is 6.58. The van der Waals surface area contributed by atoms with Crippen molar-refractivity contribution in [3.8, 4) is 16.8 Å². The highest BCUT2D eigenvalue weighted by atomic mass is 35.5. The van der Waals surface area contributed by atoms with Crippen molar-refractivity contribution in [2.75, 3.05) is 17.2 Å². The van der Waals surface area contributed by atoms with Crippen molar-refractivity contribution < 1.29 is 9.59 Å². The standard InChI is InChI=1S/C29H29Cl2N5O2/c1-18(2)35(29(38)32-25-15-12-22(30)16-24(25)31)17-26(37)33-28-27(21-8-6-5-7-9-21)20(4)34-36(28)23-13-10-19(3)11-14-23/h5-16,18H,17H2,1-4H3,(H,32,38)(H,33,37). The number of amides is 3. The van der Waals surface area contributed by atoms with Crippen LogP contribution in [0.3, 0.4) is 0 Å². The Morgan fingerprint density at radius 1 is 0.947 bits per heavy atom. The van der Waals surface area contributed by atoms with Gasteiger partial charge in [0.2, 0.25) is 5.91 Å². The van der Waals surface area contributed by atoms with Crippen molar-refractivity contribution in [2.24, 2.45) is 0 Å². The first-order chi connectivity index (χ1) is 18.1. The van der Waals surface area contributed by atoms with Crippen LogP contribution < -0.4 is 10.6 Å². The van der Waals surface area contributed by atoms with Gasteiger partial charge in [-0.3, -0.25) is 4.79 Å². The van der Waals surface area contributed by atoms with Gasteiger partial charge in [0.05, 0.1) is 22.1 Å². The van der Waals surface area contributed by atoms with E-state index < -0.39 is 6.03 Å². The van der Waals surface area contributed by atoms with Crippen LogP contribution >= 0.6 is 23.2 Å². The Balaban J connectivity index is 1.63. The summed E-state index contributed by atoms with van der Waals surface area (Å²) < 4.78 is 1.72. The monoisotopic (exact) mass is 549 g/mol. The maximum absolute atomic E-state index is 13.4. The fraction of sp³-hybridized carbons (Fsp3) is 0.207. The Morgan fingerprint density at radius 2 is 1.63 bits per heavy atom. The molecule has 2 N–H and O–H groups in total. The number of rotatable bonds is 7. The fourth-order valence-corrected chi connectivity index (χ4v) is 4.51. The minimum Gasteiger partial charge on any atom is -0.313 e. The van der Waals surface area contributed by atoms with Crippen molar-refractivity contribution in [3.05, 3.63) is 94.1 Å². The largest absolute Gasteiger partial charge is 0.322 e. The molecule has 3 aromatic carbocycles. The predicted octanol–water partition coefficient (Wildman–Crippen LogP) is 7.34. The molecule has 0 radical (unpaired) electrons. The summed E-state index contributed by atoms with van der Waals surface area (Å²) in [4.78, 5) is 28.0. The van der Waals surface area contributed by atoms with Gasteiger partial charge in [-0.05, 0) is 63.6 Å². The van der Waals surface area contributed by atoms with E-state index in [1.807, 2.05) is 82.3 Å². The molecule has 4 aromatic rings. The molecule has 4 rings (SSSR count). The quantitative estimate of drug-likeness (QED) is 0.253. The van der Waals surface area contributed by atoms with E-state index in [2.05, 4.69) is 10.6 Å². The van der Waals surface area contributed by atoms with Crippen LogP contribution in [0.4, 0.5) is 16.3 Å². The Bertz CT molecular complexity index is 1450. The summed E-state index contributed by atoms with van der Waals surface area (Å²) in [5, 5.41) is 11.3. The van der Waals surface area contributed by atoms with Crippen LogP contribution in [0.1, 0.15) is 25.1 Å². The van der Waals surface area contributed by atoms with Gasteiger partial charge >= 0.3 is 6.03 Å². The fourth-order valence-electron chi connectivity index (χ4n) is 4.06. The van der Waals surface area contributed by atoms with Crippen molar-refractivity contribution in [1.29, 1.82) is 0 Å². The number of carbonyl (C=O) groups excluding carboxylic acids is 2. The van der Waals surface area contributed by atoms with Crippen LogP contribution in [0.2, 0.25) is 10.0 Å². The maximum Gasteiger partial charge on any atom is 0.322 e. The smallest absolute Gasteiger partial charge is 0.313 e. The van der Waals surface area contributed by atoms with E-state index in [1.54, 1.807) is 22.9 Å². The molecule has 1 heterocycles. The number of benzene rings is 3. The Kier molecular flexibility index (Phi) is 8.39. The zero-order valence-corrected chi connectivity index (χ0v) is 23.1. The molecule has 9 heteroatoms. The normalized spacial score (nSPS) is 10.9. The predicted molar refractivity (Wildman–Crippen MR) is 154 cm³/mol. The lowest BCUT2D eigenvalue weighted by Crippen LogP contribution is -2.44. The van der Waals surface area contributed by atoms with Gasteiger partial charge in [-0.15, -0.1) is 0 Å². The summed E-state index contributed by atoms with van der Waals surface area (Å²) >= 11 is 12.2. The Morgan fingerprint density at radius 3 is 2.26 bits per heavy atom. The Labute approximate surface area is 232 Å². The minimum atomic E-state index is -0.453. The summed E-state index contributed by atoms with van der Waals surface area (Å²) in [5.41, 5.74) is 4.84. The van der Waals surface area contributed by atoms with Gasteiger partial charge in [-0.2, -0.15) is 5.10 Å². The lowest BCUT2D eigenvalue weighted by molar-refractivity contribution is -0.117. The summed E-state index contributed by atoms with van der Waals surface area (Å²) in [5.74, 6) is 0.175. The van der Waals surface area contributed by atoms with Crippen LogP contribution in [-0.2, 0) is 4.79 Å². The van der Waals surface area contributed by atoms with Gasteiger partial charge in [0.15, 0.2) is 0 Å². The zero-order chi connectivity index (χ0) is 27.4. The van der Waals surface area contributed by atoms with E-state index in [4.69, 9.17) is 28.3 Å². The number of aryl methyl sites for hydroxylation is 2. The van der Waals surface area contributed by atoms with E-state index in [0.717, 1.165) is 28.1 Å². The second-order valence-corrected chi connectivity index (χ2v) is 10.1. The molecule has 0 bridgehead atoms. The maximum atomic E-state index is 13.4. The average Bonchev–Trinajstić information content (AvgIpc) is 3.20. The van der Waals surface area contributed by atoms with Crippen molar-refractivity contribution in [1.82, 2.24) is 14.7 Å². The molecule has 0 fully saturated rings. The number of carbonyl (C=O) groups is 2. The van der Waals surface area contributed by atoms with Crippen LogP contribution in [0, 0.1) is 13.8 Å². The molecule has 0 aliphatic carbocycles. The van der Waals surface area contributed by atoms with Gasteiger partial charge in [0.1, 0.15) is 12.4 Å². The van der Waals surface area contributed by atoms with E-state index in [9.17, 15) is 9.59 Å². The zero-order valence-electron chi connectivity index (χ0n) is 21.6. The number of nitrogens with one attached hydrogen (secondary N) is 2. The lowest BCUT2D eigenvalue weighted by Gasteiger charge is -2.26. The van der Waals surface area contributed by atoms with Crippen LogP contribution in [0.25, 0.3) is 16.8 Å². The van der Waals surface area contributed by atoms with E-state index in [1.165, 1.54) is 4.90 Å². The van der Waals surface area contributed by atoms with Gasteiger partial charge in [-0.1, -0.05) is 71.2 Å². The van der Waals surface area contributed by atoms with Gasteiger partial charge < -0.3 is 15.5 Å². The molecule has 0 aliphatic heterocycles. The van der Waals surface area contributed by atoms with Crippen LogP contribution in [-0.4, -0.2) is 39.2 Å². The lowest BCUT2D eigenvalue weighted by atomic mass is 10.1. The second-order valence-electron chi connectivity index (χ2n) is 9.25. The third-order valence-electron chi connectivity index (χ3n) is 6.03. The first-order valence-corrected chi connectivity index (χ1v) is 12.9. The summed E-state index contributed by atoms with van der Waals surface area (Å²) in [6, 6.07) is 21.8. The summed E-state index contributed by atoms with van der Waals surface area (Å²) in [7, 11) is 0. The molecular weight excluding hydrogens is 521 g/mol. The van der Waals surface area contributed by atoms with Gasteiger partial charge in [0.25, 0.3) is 0 Å². The van der Waals surface area contributed by atoms with Crippen molar-refractivity contribution >= 4 is 46.6 Å². The third kappa shape index (κ3) is 6.18. The Hall–Kier alpha value is -3.81. The molecule has 196 valence electrons. The number of aromatic nitrogens is 2. The van der Waals surface area contributed by atoms with Gasteiger partial charge in [0, 0.05) is 16.6 Å². The molecule has 0 aliphatic rings. The highest BCUT2D eigenvalue weighted by molar-refractivity contribution is 6.36. The van der Waals surface area contributed by atoms with Gasteiger partial charge in [-0.25, -0.2) is 9.48 Å². The van der Waals surface area contributed by atoms with E-state index >= 15 is 0 Å². The average molecular weight is 550 g/mol. The minimum absolute atomic E-state index is 0.180. The molecule has 0 spiro atoms. The van der Waals surface area contributed by atoms with Crippen molar-refractivity contribution in [3.63, 3.8) is 0 Å². The van der Waals surface area contributed by atoms with Crippen LogP contribution in [0.5, 0.6) is 0 Å². The number of urea groups is 1.